The number of hydrogen-bond donors (Lipinski definition) is 1. The summed E-state index contributed by atoms with van der Waals surface area (Å²) in [7, 11) is -2.20. The molecule has 0 saturated carbocycles. The number of thiophene rings is 1. The molecular weight excluding hydrogens is 472 g/mol. The van der Waals surface area contributed by atoms with E-state index in [2.05, 4.69) is 15.5 Å². The maximum Gasteiger partial charge on any atom is 0.322 e. The lowest BCUT2D eigenvalue weighted by Crippen LogP contribution is -2.26. The van der Waals surface area contributed by atoms with Crippen molar-refractivity contribution >= 4 is 44.9 Å². The van der Waals surface area contributed by atoms with Crippen LogP contribution in [0.1, 0.15) is 15.9 Å². The molecule has 2 aromatic carbocycles. The first-order chi connectivity index (χ1) is 15.3. The Labute approximate surface area is 193 Å². The van der Waals surface area contributed by atoms with Crippen molar-refractivity contribution in [3.63, 3.8) is 0 Å². The van der Waals surface area contributed by atoms with E-state index < -0.39 is 15.9 Å². The van der Waals surface area contributed by atoms with Crippen LogP contribution < -0.4 is 5.32 Å². The molecule has 0 aliphatic heterocycles. The Morgan fingerprint density at radius 1 is 1.06 bits per heavy atom. The number of carbonyl (C=O) groups excluding carboxylic acids is 1. The molecule has 0 aliphatic rings. The summed E-state index contributed by atoms with van der Waals surface area (Å²) < 4.78 is 32.9. The fourth-order valence-electron chi connectivity index (χ4n) is 2.86. The summed E-state index contributed by atoms with van der Waals surface area (Å²) >= 11 is 7.17. The number of sulfonamides is 1. The lowest BCUT2D eigenvalue weighted by molar-refractivity contribution is 0.102. The number of amides is 1. The molecular formula is C21H17ClN4O4S2. The zero-order valence-corrected chi connectivity index (χ0v) is 19.1. The van der Waals surface area contributed by atoms with Gasteiger partial charge in [0.1, 0.15) is 0 Å². The van der Waals surface area contributed by atoms with E-state index in [0.29, 0.717) is 9.21 Å². The van der Waals surface area contributed by atoms with E-state index >= 15 is 0 Å². The van der Waals surface area contributed by atoms with E-state index in [0.717, 1.165) is 5.56 Å². The van der Waals surface area contributed by atoms with Crippen LogP contribution in [0.2, 0.25) is 4.34 Å². The van der Waals surface area contributed by atoms with Gasteiger partial charge in [-0.15, -0.1) is 16.4 Å². The van der Waals surface area contributed by atoms with Gasteiger partial charge < -0.3 is 4.42 Å². The Kier molecular flexibility index (Phi) is 6.38. The highest BCUT2D eigenvalue weighted by Crippen LogP contribution is 2.30. The minimum atomic E-state index is -3.71. The number of benzene rings is 2. The second-order valence-electron chi connectivity index (χ2n) is 6.74. The molecule has 8 nitrogen and oxygen atoms in total. The summed E-state index contributed by atoms with van der Waals surface area (Å²) in [6, 6.07) is 18.3. The maximum atomic E-state index is 12.8. The predicted molar refractivity (Wildman–Crippen MR) is 122 cm³/mol. The first-order valence-corrected chi connectivity index (χ1v) is 12.0. The smallest absolute Gasteiger partial charge is 0.322 e. The molecule has 1 N–H and O–H groups in total. The highest BCUT2D eigenvalue weighted by molar-refractivity contribution is 7.89. The fourth-order valence-corrected chi connectivity index (χ4v) is 4.98. The van der Waals surface area contributed by atoms with Crippen molar-refractivity contribution in [3.8, 4) is 10.8 Å². The van der Waals surface area contributed by atoms with Gasteiger partial charge in [-0.1, -0.05) is 47.0 Å². The highest BCUT2D eigenvalue weighted by atomic mass is 35.5. The molecule has 2 heterocycles. The van der Waals surface area contributed by atoms with Gasteiger partial charge in [-0.3, -0.25) is 10.1 Å². The normalized spacial score (nSPS) is 11.6. The average molecular weight is 489 g/mol. The lowest BCUT2D eigenvalue weighted by atomic mass is 10.2. The van der Waals surface area contributed by atoms with Gasteiger partial charge in [-0.2, -0.15) is 4.31 Å². The van der Waals surface area contributed by atoms with Gasteiger partial charge in [0.15, 0.2) is 0 Å². The molecule has 0 radical (unpaired) electrons. The lowest BCUT2D eigenvalue weighted by Gasteiger charge is -2.17. The summed E-state index contributed by atoms with van der Waals surface area (Å²) in [6.45, 7) is 0.236. The molecule has 0 aliphatic carbocycles. The van der Waals surface area contributed by atoms with Crippen molar-refractivity contribution in [1.82, 2.24) is 14.5 Å². The van der Waals surface area contributed by atoms with Crippen LogP contribution in [0.3, 0.4) is 0 Å². The van der Waals surface area contributed by atoms with Gasteiger partial charge >= 0.3 is 6.01 Å². The van der Waals surface area contributed by atoms with E-state index in [1.165, 1.54) is 47.0 Å². The van der Waals surface area contributed by atoms with Gasteiger partial charge in [0.05, 0.1) is 14.1 Å². The largest absolute Gasteiger partial charge is 0.402 e. The van der Waals surface area contributed by atoms with Crippen LogP contribution in [0.5, 0.6) is 0 Å². The van der Waals surface area contributed by atoms with Gasteiger partial charge in [0.2, 0.25) is 10.0 Å². The van der Waals surface area contributed by atoms with E-state index in [9.17, 15) is 13.2 Å². The number of nitrogens with one attached hydrogen (secondary N) is 1. The van der Waals surface area contributed by atoms with Gasteiger partial charge in [0.25, 0.3) is 11.8 Å². The monoisotopic (exact) mass is 488 g/mol. The van der Waals surface area contributed by atoms with Crippen molar-refractivity contribution in [2.45, 2.75) is 11.4 Å². The molecule has 164 valence electrons. The summed E-state index contributed by atoms with van der Waals surface area (Å²) in [5.74, 6) is -0.272. The van der Waals surface area contributed by atoms with E-state index in [4.69, 9.17) is 16.0 Å². The Bertz CT molecular complexity index is 1340. The number of halogens is 1. The highest BCUT2D eigenvalue weighted by Gasteiger charge is 2.21. The van der Waals surface area contributed by atoms with Crippen molar-refractivity contribution < 1.29 is 17.6 Å². The number of anilines is 1. The molecule has 11 heteroatoms. The van der Waals surface area contributed by atoms with Crippen molar-refractivity contribution in [2.75, 3.05) is 12.4 Å². The molecule has 4 rings (SSSR count). The summed E-state index contributed by atoms with van der Waals surface area (Å²) in [4.78, 5) is 13.2. The summed E-state index contributed by atoms with van der Waals surface area (Å²) in [5, 5.41) is 10.2. The molecule has 0 bridgehead atoms. The van der Waals surface area contributed by atoms with Crippen LogP contribution >= 0.6 is 22.9 Å². The first kappa shape index (κ1) is 22.2. The van der Waals surface area contributed by atoms with E-state index in [1.807, 2.05) is 30.3 Å². The van der Waals surface area contributed by atoms with Crippen LogP contribution in [0.4, 0.5) is 6.01 Å². The minimum Gasteiger partial charge on any atom is -0.402 e. The third-order valence-electron chi connectivity index (χ3n) is 4.50. The Balaban J connectivity index is 1.43. The van der Waals surface area contributed by atoms with E-state index in [-0.39, 0.29) is 28.9 Å². The molecule has 32 heavy (non-hydrogen) atoms. The van der Waals surface area contributed by atoms with Crippen LogP contribution in [-0.4, -0.2) is 35.9 Å². The van der Waals surface area contributed by atoms with Crippen LogP contribution in [0.25, 0.3) is 10.8 Å². The second kappa shape index (κ2) is 9.21. The van der Waals surface area contributed by atoms with Crippen LogP contribution in [0.15, 0.2) is 76.0 Å². The number of hydrogen-bond acceptors (Lipinski definition) is 7. The Morgan fingerprint density at radius 3 is 2.44 bits per heavy atom. The average Bonchev–Trinajstić information content (AvgIpc) is 3.43. The summed E-state index contributed by atoms with van der Waals surface area (Å²) in [5.41, 5.74) is 1.12. The van der Waals surface area contributed by atoms with Crippen LogP contribution in [0, 0.1) is 0 Å². The molecule has 0 unspecified atom stereocenters. The van der Waals surface area contributed by atoms with E-state index in [1.54, 1.807) is 12.1 Å². The molecule has 0 fully saturated rings. The third-order valence-corrected chi connectivity index (χ3v) is 7.54. The predicted octanol–water partition coefficient (Wildman–Crippen LogP) is 4.52. The Hall–Kier alpha value is -3.05. The number of aromatic nitrogens is 2. The molecule has 0 atom stereocenters. The fraction of sp³-hybridized carbons (Fsp3) is 0.0952. The van der Waals surface area contributed by atoms with Crippen molar-refractivity contribution in [1.29, 1.82) is 0 Å². The molecule has 4 aromatic rings. The van der Waals surface area contributed by atoms with Gasteiger partial charge in [-0.05, 0) is 42.0 Å². The third kappa shape index (κ3) is 4.89. The number of carbonyl (C=O) groups is 1. The van der Waals surface area contributed by atoms with Crippen molar-refractivity contribution in [3.05, 3.63) is 82.2 Å². The Morgan fingerprint density at radius 2 is 1.78 bits per heavy atom. The van der Waals surface area contributed by atoms with Crippen LogP contribution in [-0.2, 0) is 16.6 Å². The number of nitrogens with zero attached hydrogens (tertiary/aromatic N) is 3. The molecule has 0 spiro atoms. The maximum absolute atomic E-state index is 12.8. The molecule has 2 aromatic heterocycles. The second-order valence-corrected chi connectivity index (χ2v) is 10.5. The summed E-state index contributed by atoms with van der Waals surface area (Å²) in [6.07, 6.45) is 0. The minimum absolute atomic E-state index is 0.0752. The standard InChI is InChI=1S/C21H17ClN4O4S2/c1-26(13-14-5-3-2-4-6-14)32(28,29)16-9-7-15(8-10-16)19(27)23-21-25-24-20(30-21)17-11-12-18(22)31-17/h2-12H,13H2,1H3,(H,23,25,27). The molecule has 0 saturated heterocycles. The quantitative estimate of drug-likeness (QED) is 0.410. The number of rotatable bonds is 7. The van der Waals surface area contributed by atoms with Gasteiger partial charge in [-0.25, -0.2) is 8.42 Å². The van der Waals surface area contributed by atoms with Gasteiger partial charge in [0, 0.05) is 19.2 Å². The SMILES string of the molecule is CN(Cc1ccccc1)S(=O)(=O)c1ccc(C(=O)Nc2nnc(-c3ccc(Cl)s3)o2)cc1. The zero-order valence-electron chi connectivity index (χ0n) is 16.7. The van der Waals surface area contributed by atoms with Crippen molar-refractivity contribution in [2.24, 2.45) is 0 Å². The zero-order chi connectivity index (χ0) is 22.7. The first-order valence-electron chi connectivity index (χ1n) is 9.34. The molecule has 1 amide bonds. The topological polar surface area (TPSA) is 105 Å².